The number of hydrogen-bond donors (Lipinski definition) is 1. The minimum absolute atomic E-state index is 0.278. The summed E-state index contributed by atoms with van der Waals surface area (Å²) in [4.78, 5) is 27.5. The third kappa shape index (κ3) is 5.05. The Hall–Kier alpha value is -2.48. The Morgan fingerprint density at radius 1 is 1.24 bits per heavy atom. The fourth-order valence-corrected chi connectivity index (χ4v) is 5.66. The van der Waals surface area contributed by atoms with Crippen molar-refractivity contribution in [3.8, 4) is 10.4 Å². The van der Waals surface area contributed by atoms with Crippen LogP contribution in [0.5, 0.6) is 0 Å². The number of morpholine rings is 1. The summed E-state index contributed by atoms with van der Waals surface area (Å²) >= 11 is 1.85. The lowest BCUT2D eigenvalue weighted by molar-refractivity contribution is -0.130. The first-order chi connectivity index (χ1) is 16.2. The molecule has 33 heavy (non-hydrogen) atoms. The van der Waals surface area contributed by atoms with Gasteiger partial charge in [-0.1, -0.05) is 19.4 Å². The number of aromatic amines is 1. The zero-order chi connectivity index (χ0) is 22.6. The molecule has 0 radical (unpaired) electrons. The van der Waals surface area contributed by atoms with Crippen LogP contribution in [0.4, 0.5) is 0 Å². The van der Waals surface area contributed by atoms with E-state index in [1.165, 1.54) is 20.9 Å². The fourth-order valence-electron chi connectivity index (χ4n) is 4.63. The molecule has 5 heterocycles. The first-order valence-corrected chi connectivity index (χ1v) is 12.9. The highest BCUT2D eigenvalue weighted by atomic mass is 32.1. The van der Waals surface area contributed by atoms with Gasteiger partial charge in [-0.05, 0) is 36.6 Å². The average Bonchev–Trinajstić information content (AvgIpc) is 3.50. The molecule has 1 saturated heterocycles. The van der Waals surface area contributed by atoms with E-state index in [4.69, 9.17) is 9.72 Å². The highest BCUT2D eigenvalue weighted by Crippen LogP contribution is 2.34. The predicted octanol–water partition coefficient (Wildman–Crippen LogP) is 4.93. The number of thiophene rings is 1. The van der Waals surface area contributed by atoms with Crippen LogP contribution < -0.4 is 0 Å². The van der Waals surface area contributed by atoms with Gasteiger partial charge in [0.15, 0.2) is 0 Å². The molecule has 5 rings (SSSR count). The minimum Gasteiger partial charge on any atom is -0.379 e. The Kier molecular flexibility index (Phi) is 6.90. The molecule has 1 N–H and O–H groups in total. The summed E-state index contributed by atoms with van der Waals surface area (Å²) in [5.41, 5.74) is 4.60. The highest BCUT2D eigenvalue weighted by Gasteiger charge is 2.20. The Labute approximate surface area is 199 Å². The number of nitrogens with one attached hydrogen (secondary N) is 1. The molecule has 6 nitrogen and oxygen atoms in total. The molecule has 3 aromatic heterocycles. The number of ether oxygens (including phenoxy) is 1. The second-order valence-electron chi connectivity index (χ2n) is 8.90. The van der Waals surface area contributed by atoms with Gasteiger partial charge >= 0.3 is 0 Å². The van der Waals surface area contributed by atoms with Crippen molar-refractivity contribution in [2.75, 3.05) is 39.4 Å². The lowest BCUT2D eigenvalue weighted by Gasteiger charge is -2.26. The molecule has 2 aliphatic rings. The smallest absolute Gasteiger partial charge is 0.222 e. The van der Waals surface area contributed by atoms with Crippen molar-refractivity contribution in [1.82, 2.24) is 19.8 Å². The monoisotopic (exact) mass is 464 g/mol. The van der Waals surface area contributed by atoms with E-state index in [2.05, 4.69) is 47.3 Å². The molecule has 0 aliphatic carbocycles. The Morgan fingerprint density at radius 3 is 2.91 bits per heavy atom. The molecule has 7 heteroatoms. The van der Waals surface area contributed by atoms with Crippen LogP contribution in [0.1, 0.15) is 43.0 Å². The topological polar surface area (TPSA) is 61.5 Å². The molecule has 0 aromatic carbocycles. The van der Waals surface area contributed by atoms with Crippen LogP contribution in [0.15, 0.2) is 36.7 Å². The van der Waals surface area contributed by atoms with E-state index < -0.39 is 0 Å². The van der Waals surface area contributed by atoms with E-state index >= 15 is 0 Å². The largest absolute Gasteiger partial charge is 0.379 e. The maximum Gasteiger partial charge on any atom is 0.222 e. The number of unbranched alkanes of at least 4 members (excludes halogenated alkanes) is 1. The third-order valence-corrected chi connectivity index (χ3v) is 7.73. The van der Waals surface area contributed by atoms with Crippen molar-refractivity contribution in [2.24, 2.45) is 0 Å². The zero-order valence-corrected chi connectivity index (χ0v) is 20.1. The summed E-state index contributed by atoms with van der Waals surface area (Å²) in [6.07, 6.45) is 9.83. The van der Waals surface area contributed by atoms with Gasteiger partial charge in [-0.2, -0.15) is 0 Å². The molecule has 174 valence electrons. The lowest BCUT2D eigenvalue weighted by Crippen LogP contribution is -2.35. The lowest BCUT2D eigenvalue weighted by atomic mass is 9.98. The first-order valence-electron chi connectivity index (χ1n) is 12.0. The molecular formula is C26H32N4O2S. The number of H-pyrrole nitrogens is 1. The predicted molar refractivity (Wildman–Crippen MR) is 134 cm³/mol. The van der Waals surface area contributed by atoms with E-state index in [9.17, 15) is 4.79 Å². The van der Waals surface area contributed by atoms with Crippen LogP contribution in [0.25, 0.3) is 27.0 Å². The summed E-state index contributed by atoms with van der Waals surface area (Å²) in [6.45, 7) is 8.28. The van der Waals surface area contributed by atoms with E-state index in [1.807, 2.05) is 22.4 Å². The van der Waals surface area contributed by atoms with Crippen LogP contribution in [-0.4, -0.2) is 65.1 Å². The first kappa shape index (κ1) is 22.3. The maximum absolute atomic E-state index is 12.4. The number of rotatable bonds is 7. The van der Waals surface area contributed by atoms with Gasteiger partial charge in [0.1, 0.15) is 5.65 Å². The van der Waals surface area contributed by atoms with Gasteiger partial charge < -0.3 is 14.6 Å². The molecule has 0 bridgehead atoms. The highest BCUT2D eigenvalue weighted by molar-refractivity contribution is 7.15. The standard InChI is InChI=1S/C26H32N4O2S/c1-2-3-4-25(31)30-9-7-19(8-10-30)23-17-28-26-22(23)15-20(16-27-26)24-6-5-21(33-24)18-29-11-13-32-14-12-29/h5-7,15-17H,2-4,8-14,18H2,1H3,(H,27,28). The number of amides is 1. The summed E-state index contributed by atoms with van der Waals surface area (Å²) in [6, 6.07) is 6.72. The number of aromatic nitrogens is 2. The number of carbonyl (C=O) groups excluding carboxylic acids is 1. The molecule has 3 aromatic rings. The third-order valence-electron chi connectivity index (χ3n) is 6.61. The van der Waals surface area contributed by atoms with Crippen LogP contribution in [-0.2, 0) is 16.1 Å². The summed E-state index contributed by atoms with van der Waals surface area (Å²) in [7, 11) is 0. The van der Waals surface area contributed by atoms with Crippen LogP contribution >= 0.6 is 11.3 Å². The summed E-state index contributed by atoms with van der Waals surface area (Å²) in [5.74, 6) is 0.278. The molecule has 1 amide bonds. The van der Waals surface area contributed by atoms with E-state index in [0.29, 0.717) is 13.0 Å². The Morgan fingerprint density at radius 2 is 2.12 bits per heavy atom. The van der Waals surface area contributed by atoms with Crippen LogP contribution in [0.3, 0.4) is 0 Å². The average molecular weight is 465 g/mol. The van der Waals surface area contributed by atoms with E-state index in [1.54, 1.807) is 0 Å². The number of nitrogens with zero attached hydrogens (tertiary/aromatic N) is 3. The van der Waals surface area contributed by atoms with Crippen molar-refractivity contribution in [3.63, 3.8) is 0 Å². The normalized spacial score (nSPS) is 17.5. The number of carbonyl (C=O) groups is 1. The van der Waals surface area contributed by atoms with Crippen molar-refractivity contribution >= 4 is 33.9 Å². The molecule has 0 unspecified atom stereocenters. The van der Waals surface area contributed by atoms with Gasteiger partial charge in [-0.3, -0.25) is 9.69 Å². The van der Waals surface area contributed by atoms with Gasteiger partial charge in [0, 0.05) is 77.8 Å². The Bertz CT molecular complexity index is 1140. The van der Waals surface area contributed by atoms with Gasteiger partial charge in [-0.25, -0.2) is 4.98 Å². The van der Waals surface area contributed by atoms with Crippen molar-refractivity contribution in [2.45, 2.75) is 39.2 Å². The summed E-state index contributed by atoms with van der Waals surface area (Å²) < 4.78 is 5.47. The molecule has 0 spiro atoms. The summed E-state index contributed by atoms with van der Waals surface area (Å²) in [5, 5.41) is 1.16. The number of fused-ring (bicyclic) bond motifs is 1. The van der Waals surface area contributed by atoms with Crippen LogP contribution in [0, 0.1) is 0 Å². The van der Waals surface area contributed by atoms with Gasteiger partial charge in [0.2, 0.25) is 5.91 Å². The molecule has 2 aliphatic heterocycles. The van der Waals surface area contributed by atoms with Crippen LogP contribution in [0.2, 0.25) is 0 Å². The van der Waals surface area contributed by atoms with E-state index in [0.717, 1.165) is 75.3 Å². The second kappa shape index (κ2) is 10.2. The number of hydrogen-bond acceptors (Lipinski definition) is 5. The zero-order valence-electron chi connectivity index (χ0n) is 19.3. The quantitative estimate of drug-likeness (QED) is 0.539. The molecule has 1 fully saturated rings. The molecule has 0 saturated carbocycles. The second-order valence-corrected chi connectivity index (χ2v) is 10.1. The van der Waals surface area contributed by atoms with E-state index in [-0.39, 0.29) is 5.91 Å². The van der Waals surface area contributed by atoms with Gasteiger partial charge in [0.25, 0.3) is 0 Å². The Balaban J connectivity index is 1.32. The molecular weight excluding hydrogens is 432 g/mol. The van der Waals surface area contributed by atoms with Crippen molar-refractivity contribution < 1.29 is 9.53 Å². The van der Waals surface area contributed by atoms with Crippen molar-refractivity contribution in [1.29, 1.82) is 0 Å². The van der Waals surface area contributed by atoms with Gasteiger partial charge in [0.05, 0.1) is 13.2 Å². The SMILES string of the molecule is CCCCC(=O)N1CC=C(c2c[nH]c3ncc(-c4ccc(CN5CCOCC5)s4)cc23)CC1. The van der Waals surface area contributed by atoms with Crippen molar-refractivity contribution in [3.05, 3.63) is 47.1 Å². The fraction of sp³-hybridized carbons (Fsp3) is 0.462. The van der Waals surface area contributed by atoms with Gasteiger partial charge in [-0.15, -0.1) is 11.3 Å². The molecule has 0 atom stereocenters. The minimum atomic E-state index is 0.278. The number of pyridine rings is 1. The maximum atomic E-state index is 12.4.